The van der Waals surface area contributed by atoms with Crippen LogP contribution in [0, 0.1) is 11.2 Å². The van der Waals surface area contributed by atoms with Crippen LogP contribution in [0.1, 0.15) is 32.6 Å². The second-order valence-corrected chi connectivity index (χ2v) is 7.21. The van der Waals surface area contributed by atoms with E-state index in [2.05, 4.69) is 5.32 Å². The molecule has 5 nitrogen and oxygen atoms in total. The van der Waals surface area contributed by atoms with Crippen molar-refractivity contribution < 1.29 is 23.4 Å². The third-order valence-corrected chi connectivity index (χ3v) is 4.28. The minimum Gasteiger partial charge on any atom is -0.491 e. The molecule has 0 spiro atoms. The van der Waals surface area contributed by atoms with Gasteiger partial charge in [0.2, 0.25) is 5.91 Å². The normalized spacial score (nSPS) is 22.5. The van der Waals surface area contributed by atoms with Gasteiger partial charge in [0.1, 0.15) is 11.6 Å². The summed E-state index contributed by atoms with van der Waals surface area (Å²) in [7, 11) is 0. The van der Waals surface area contributed by atoms with E-state index in [0.29, 0.717) is 5.69 Å². The Kier molecular flexibility index (Phi) is 5.77. The minimum atomic E-state index is -0.816. The summed E-state index contributed by atoms with van der Waals surface area (Å²) in [5, 5.41) is 2.89. The van der Waals surface area contributed by atoms with Crippen LogP contribution in [-0.2, 0) is 14.3 Å². The Labute approximate surface area is 158 Å². The SMILES string of the molecule is CC(C)Oc1ccc(NC(=O)C2(C)COC(c3ccc(F)cc3)OC2)cc1. The largest absolute Gasteiger partial charge is 0.491 e. The van der Waals surface area contributed by atoms with Gasteiger partial charge in [-0.25, -0.2) is 4.39 Å². The van der Waals surface area contributed by atoms with Gasteiger partial charge in [-0.05, 0) is 57.2 Å². The number of rotatable bonds is 5. The number of hydrogen-bond acceptors (Lipinski definition) is 4. The Morgan fingerprint density at radius 3 is 2.26 bits per heavy atom. The van der Waals surface area contributed by atoms with Crippen LogP contribution < -0.4 is 10.1 Å². The molecule has 1 N–H and O–H groups in total. The monoisotopic (exact) mass is 373 g/mol. The number of carbonyl (C=O) groups is 1. The molecule has 144 valence electrons. The van der Waals surface area contributed by atoms with Gasteiger partial charge in [-0.1, -0.05) is 12.1 Å². The molecule has 1 heterocycles. The fourth-order valence-corrected chi connectivity index (χ4v) is 2.72. The maximum atomic E-state index is 13.0. The number of halogens is 1. The molecular formula is C21H24FNO4. The van der Waals surface area contributed by atoms with E-state index in [0.717, 1.165) is 11.3 Å². The standard InChI is InChI=1S/C21H24FNO4/c1-14(2)27-18-10-8-17(9-11-18)23-20(24)21(3)12-25-19(26-13-21)15-4-6-16(22)7-5-15/h4-11,14,19H,12-13H2,1-3H3,(H,23,24). The lowest BCUT2D eigenvalue weighted by Gasteiger charge is -2.36. The molecule has 0 atom stereocenters. The Bertz CT molecular complexity index is 766. The van der Waals surface area contributed by atoms with Crippen molar-refractivity contribution >= 4 is 11.6 Å². The summed E-state index contributed by atoms with van der Waals surface area (Å²) in [5.74, 6) is 0.252. The molecule has 2 aromatic rings. The van der Waals surface area contributed by atoms with Gasteiger partial charge >= 0.3 is 0 Å². The first-order valence-corrected chi connectivity index (χ1v) is 8.92. The van der Waals surface area contributed by atoms with Crippen molar-refractivity contribution in [1.82, 2.24) is 0 Å². The number of benzene rings is 2. The second kappa shape index (κ2) is 8.06. The Hall–Kier alpha value is -2.44. The molecule has 0 aromatic heterocycles. The van der Waals surface area contributed by atoms with E-state index in [9.17, 15) is 9.18 Å². The van der Waals surface area contributed by atoms with E-state index in [4.69, 9.17) is 14.2 Å². The molecule has 0 aliphatic carbocycles. The summed E-state index contributed by atoms with van der Waals surface area (Å²) >= 11 is 0. The molecule has 6 heteroatoms. The summed E-state index contributed by atoms with van der Waals surface area (Å²) in [5.41, 5.74) is 0.585. The van der Waals surface area contributed by atoms with Gasteiger partial charge in [-0.3, -0.25) is 4.79 Å². The number of amides is 1. The van der Waals surface area contributed by atoms with Crippen molar-refractivity contribution in [2.75, 3.05) is 18.5 Å². The molecule has 1 fully saturated rings. The molecule has 1 saturated heterocycles. The van der Waals surface area contributed by atoms with Crippen molar-refractivity contribution in [2.45, 2.75) is 33.2 Å². The molecule has 0 bridgehead atoms. The summed E-state index contributed by atoms with van der Waals surface area (Å²) in [4.78, 5) is 12.7. The maximum Gasteiger partial charge on any atom is 0.234 e. The Morgan fingerprint density at radius 2 is 1.70 bits per heavy atom. The topological polar surface area (TPSA) is 56.8 Å². The first-order valence-electron chi connectivity index (χ1n) is 8.92. The first-order chi connectivity index (χ1) is 12.9. The highest BCUT2D eigenvalue weighted by Gasteiger charge is 2.39. The summed E-state index contributed by atoms with van der Waals surface area (Å²) in [6.07, 6.45) is -0.506. The van der Waals surface area contributed by atoms with Gasteiger partial charge in [0.25, 0.3) is 0 Å². The molecule has 1 aliphatic heterocycles. The molecule has 0 unspecified atom stereocenters. The maximum absolute atomic E-state index is 13.0. The lowest BCUT2D eigenvalue weighted by Crippen LogP contribution is -2.45. The van der Waals surface area contributed by atoms with Crippen molar-refractivity contribution in [3.63, 3.8) is 0 Å². The van der Waals surface area contributed by atoms with Crippen molar-refractivity contribution in [1.29, 1.82) is 0 Å². The van der Waals surface area contributed by atoms with E-state index in [1.54, 1.807) is 31.2 Å². The summed E-state index contributed by atoms with van der Waals surface area (Å²) < 4.78 is 30.1. The zero-order chi connectivity index (χ0) is 19.4. The van der Waals surface area contributed by atoms with Crippen molar-refractivity contribution in [3.05, 3.63) is 59.9 Å². The Morgan fingerprint density at radius 1 is 1.11 bits per heavy atom. The van der Waals surface area contributed by atoms with Gasteiger partial charge in [-0.15, -0.1) is 0 Å². The van der Waals surface area contributed by atoms with E-state index in [-0.39, 0.29) is 31.0 Å². The highest BCUT2D eigenvalue weighted by atomic mass is 19.1. The van der Waals surface area contributed by atoms with E-state index < -0.39 is 11.7 Å². The summed E-state index contributed by atoms with van der Waals surface area (Å²) in [6.45, 7) is 6.11. The van der Waals surface area contributed by atoms with Crippen LogP contribution in [0.3, 0.4) is 0 Å². The number of anilines is 1. The molecule has 2 aromatic carbocycles. The van der Waals surface area contributed by atoms with Gasteiger partial charge in [0, 0.05) is 11.3 Å². The van der Waals surface area contributed by atoms with Gasteiger partial charge < -0.3 is 19.5 Å². The van der Waals surface area contributed by atoms with Gasteiger partial charge in [-0.2, -0.15) is 0 Å². The Balaban J connectivity index is 1.58. The first kappa shape index (κ1) is 19.3. The molecular weight excluding hydrogens is 349 g/mol. The zero-order valence-corrected chi connectivity index (χ0v) is 15.7. The quantitative estimate of drug-likeness (QED) is 0.849. The van der Waals surface area contributed by atoms with Crippen LogP contribution in [-0.4, -0.2) is 25.2 Å². The molecule has 27 heavy (non-hydrogen) atoms. The van der Waals surface area contributed by atoms with Crippen molar-refractivity contribution in [3.8, 4) is 5.75 Å². The fourth-order valence-electron chi connectivity index (χ4n) is 2.72. The minimum absolute atomic E-state index is 0.0925. The predicted molar refractivity (Wildman–Crippen MR) is 100.0 cm³/mol. The zero-order valence-electron chi connectivity index (χ0n) is 15.7. The van der Waals surface area contributed by atoms with E-state index in [1.165, 1.54) is 12.1 Å². The molecule has 1 amide bonds. The van der Waals surface area contributed by atoms with Crippen molar-refractivity contribution in [2.24, 2.45) is 5.41 Å². The fraction of sp³-hybridized carbons (Fsp3) is 0.381. The van der Waals surface area contributed by atoms with Crippen LogP contribution in [0.25, 0.3) is 0 Å². The van der Waals surface area contributed by atoms with Crippen LogP contribution in [0.4, 0.5) is 10.1 Å². The molecule has 0 saturated carbocycles. The second-order valence-electron chi connectivity index (χ2n) is 7.21. The van der Waals surface area contributed by atoms with Crippen LogP contribution in [0.2, 0.25) is 0 Å². The highest BCUT2D eigenvalue weighted by Crippen LogP contribution is 2.32. The lowest BCUT2D eigenvalue weighted by molar-refractivity contribution is -0.226. The third kappa shape index (κ3) is 4.84. The predicted octanol–water partition coefficient (Wildman–Crippen LogP) is 4.30. The number of ether oxygens (including phenoxy) is 3. The smallest absolute Gasteiger partial charge is 0.234 e. The molecule has 1 aliphatic rings. The van der Waals surface area contributed by atoms with Crippen LogP contribution >= 0.6 is 0 Å². The van der Waals surface area contributed by atoms with Crippen LogP contribution in [0.5, 0.6) is 5.75 Å². The third-order valence-electron chi connectivity index (χ3n) is 4.28. The average molecular weight is 373 g/mol. The van der Waals surface area contributed by atoms with Gasteiger partial charge in [0.15, 0.2) is 6.29 Å². The molecule has 0 radical (unpaired) electrons. The van der Waals surface area contributed by atoms with E-state index in [1.807, 2.05) is 26.0 Å². The number of nitrogens with one attached hydrogen (secondary N) is 1. The van der Waals surface area contributed by atoms with Crippen LogP contribution in [0.15, 0.2) is 48.5 Å². The number of carbonyl (C=O) groups excluding carboxylic acids is 1. The highest BCUT2D eigenvalue weighted by molar-refractivity contribution is 5.95. The number of hydrogen-bond donors (Lipinski definition) is 1. The average Bonchev–Trinajstić information content (AvgIpc) is 2.64. The summed E-state index contributed by atoms with van der Waals surface area (Å²) in [6, 6.07) is 13.2. The van der Waals surface area contributed by atoms with E-state index >= 15 is 0 Å². The molecule has 3 rings (SSSR count). The lowest BCUT2D eigenvalue weighted by atomic mass is 9.90. The van der Waals surface area contributed by atoms with Gasteiger partial charge in [0.05, 0.1) is 24.7 Å².